The summed E-state index contributed by atoms with van der Waals surface area (Å²) in [7, 11) is -3.26. The minimum atomic E-state index is -3.26. The van der Waals surface area contributed by atoms with Crippen molar-refractivity contribution in [2.75, 3.05) is 25.1 Å². The standard InChI is InChI=1S/C16H19N3O4S/c1-24(21,22)13-4-2-12(3-5-13)16(20)19-8-6-11(7-9-19)14-10-15(17)23-18-14/h2-5,10-11H,6-9,17H2,1H3. The summed E-state index contributed by atoms with van der Waals surface area (Å²) in [6.45, 7) is 1.23. The molecule has 0 spiro atoms. The fourth-order valence-corrected chi connectivity index (χ4v) is 3.53. The Kier molecular flexibility index (Phi) is 4.31. The van der Waals surface area contributed by atoms with Crippen LogP contribution in [0.15, 0.2) is 39.8 Å². The molecule has 1 fully saturated rings. The summed E-state index contributed by atoms with van der Waals surface area (Å²) in [5, 5.41) is 3.94. The number of hydrogen-bond donors (Lipinski definition) is 1. The highest BCUT2D eigenvalue weighted by atomic mass is 32.2. The molecule has 1 aromatic heterocycles. The molecule has 24 heavy (non-hydrogen) atoms. The molecular formula is C16H19N3O4S. The topological polar surface area (TPSA) is 106 Å². The number of anilines is 1. The Morgan fingerprint density at radius 2 is 1.88 bits per heavy atom. The number of sulfone groups is 1. The van der Waals surface area contributed by atoms with Crippen LogP contribution in [0, 0.1) is 0 Å². The maximum absolute atomic E-state index is 12.5. The summed E-state index contributed by atoms with van der Waals surface area (Å²) in [6.07, 6.45) is 2.73. The zero-order valence-corrected chi connectivity index (χ0v) is 14.1. The average molecular weight is 349 g/mol. The lowest BCUT2D eigenvalue weighted by molar-refractivity contribution is 0.0711. The minimum Gasteiger partial charge on any atom is -0.368 e. The van der Waals surface area contributed by atoms with Crippen molar-refractivity contribution in [2.24, 2.45) is 0 Å². The number of carbonyl (C=O) groups is 1. The number of hydrogen-bond acceptors (Lipinski definition) is 6. The molecule has 0 saturated carbocycles. The van der Waals surface area contributed by atoms with Crippen LogP contribution in [0.4, 0.5) is 5.88 Å². The third-order valence-electron chi connectivity index (χ3n) is 4.28. The molecule has 2 aromatic rings. The van der Waals surface area contributed by atoms with Gasteiger partial charge in [-0.25, -0.2) is 8.42 Å². The lowest BCUT2D eigenvalue weighted by atomic mass is 9.93. The van der Waals surface area contributed by atoms with Crippen molar-refractivity contribution in [1.82, 2.24) is 10.1 Å². The third-order valence-corrected chi connectivity index (χ3v) is 5.40. The predicted octanol–water partition coefficient (Wildman–Crippen LogP) is 1.68. The Hall–Kier alpha value is -2.35. The zero-order chi connectivity index (χ0) is 17.3. The molecule has 1 amide bonds. The first kappa shape index (κ1) is 16.5. The van der Waals surface area contributed by atoms with E-state index in [-0.39, 0.29) is 16.7 Å². The van der Waals surface area contributed by atoms with Gasteiger partial charge < -0.3 is 15.2 Å². The number of piperidine rings is 1. The highest BCUT2D eigenvalue weighted by Gasteiger charge is 2.26. The molecule has 1 saturated heterocycles. The van der Waals surface area contributed by atoms with Gasteiger partial charge in [-0.1, -0.05) is 5.16 Å². The Morgan fingerprint density at radius 1 is 1.25 bits per heavy atom. The van der Waals surface area contributed by atoms with Crippen molar-refractivity contribution in [3.05, 3.63) is 41.6 Å². The number of likely N-dealkylation sites (tertiary alicyclic amines) is 1. The quantitative estimate of drug-likeness (QED) is 0.903. The number of benzene rings is 1. The van der Waals surface area contributed by atoms with Gasteiger partial charge in [-0.15, -0.1) is 0 Å². The summed E-state index contributed by atoms with van der Waals surface area (Å²) >= 11 is 0. The maximum Gasteiger partial charge on any atom is 0.253 e. The van der Waals surface area contributed by atoms with Crippen molar-refractivity contribution in [3.63, 3.8) is 0 Å². The minimum absolute atomic E-state index is 0.0897. The van der Waals surface area contributed by atoms with E-state index in [2.05, 4.69) is 5.16 Å². The fourth-order valence-electron chi connectivity index (χ4n) is 2.90. The number of rotatable bonds is 3. The highest BCUT2D eigenvalue weighted by molar-refractivity contribution is 7.90. The second-order valence-corrected chi connectivity index (χ2v) is 8.03. The van der Waals surface area contributed by atoms with Gasteiger partial charge in [0.15, 0.2) is 9.84 Å². The normalized spacial score (nSPS) is 16.3. The van der Waals surface area contributed by atoms with Crippen molar-refractivity contribution >= 4 is 21.6 Å². The first-order valence-electron chi connectivity index (χ1n) is 7.66. The number of nitrogens with two attached hydrogens (primary N) is 1. The Labute approximate surface area is 140 Å². The second-order valence-electron chi connectivity index (χ2n) is 6.02. The van der Waals surface area contributed by atoms with Gasteiger partial charge in [-0.3, -0.25) is 4.79 Å². The molecule has 1 aliphatic rings. The first-order chi connectivity index (χ1) is 11.3. The number of aromatic nitrogens is 1. The van der Waals surface area contributed by atoms with E-state index < -0.39 is 9.84 Å². The lowest BCUT2D eigenvalue weighted by Crippen LogP contribution is -2.38. The average Bonchev–Trinajstić information content (AvgIpc) is 3.00. The molecule has 0 bridgehead atoms. The van der Waals surface area contributed by atoms with Crippen molar-refractivity contribution in [1.29, 1.82) is 0 Å². The molecule has 128 valence electrons. The van der Waals surface area contributed by atoms with Crippen molar-refractivity contribution < 1.29 is 17.7 Å². The molecule has 1 aliphatic heterocycles. The first-order valence-corrected chi connectivity index (χ1v) is 9.55. The summed E-state index contributed by atoms with van der Waals surface area (Å²) < 4.78 is 27.8. The molecule has 1 aromatic carbocycles. The van der Waals surface area contributed by atoms with Gasteiger partial charge in [-0.2, -0.15) is 0 Å². The Bertz CT molecular complexity index is 834. The predicted molar refractivity (Wildman–Crippen MR) is 88.3 cm³/mol. The van der Waals surface area contributed by atoms with E-state index in [0.29, 0.717) is 24.5 Å². The van der Waals surface area contributed by atoms with Crippen molar-refractivity contribution in [2.45, 2.75) is 23.7 Å². The third kappa shape index (κ3) is 3.43. The molecule has 0 atom stereocenters. The van der Waals surface area contributed by atoms with Crippen LogP contribution in [0.1, 0.15) is 34.8 Å². The van der Waals surface area contributed by atoms with E-state index in [4.69, 9.17) is 10.3 Å². The molecule has 7 nitrogen and oxygen atoms in total. The van der Waals surface area contributed by atoms with Crippen molar-refractivity contribution in [3.8, 4) is 0 Å². The van der Waals surface area contributed by atoms with Crippen LogP contribution in [-0.2, 0) is 9.84 Å². The van der Waals surface area contributed by atoms with E-state index >= 15 is 0 Å². The van der Waals surface area contributed by atoms with Gasteiger partial charge in [0.25, 0.3) is 5.91 Å². The van der Waals surface area contributed by atoms with E-state index in [1.807, 2.05) is 0 Å². The van der Waals surface area contributed by atoms with Crippen LogP contribution in [-0.4, -0.2) is 43.7 Å². The van der Waals surface area contributed by atoms with Crippen LogP contribution in [0.25, 0.3) is 0 Å². The van der Waals surface area contributed by atoms with E-state index in [9.17, 15) is 13.2 Å². The number of nitrogens with zero attached hydrogens (tertiary/aromatic N) is 2. The number of amides is 1. The molecular weight excluding hydrogens is 330 g/mol. The molecule has 2 heterocycles. The summed E-state index contributed by atoms with van der Waals surface area (Å²) in [5.41, 5.74) is 6.87. The van der Waals surface area contributed by atoms with Gasteiger partial charge in [0.05, 0.1) is 10.6 Å². The zero-order valence-electron chi connectivity index (χ0n) is 13.3. The van der Waals surface area contributed by atoms with Gasteiger partial charge >= 0.3 is 0 Å². The molecule has 8 heteroatoms. The Morgan fingerprint density at radius 3 is 2.38 bits per heavy atom. The lowest BCUT2D eigenvalue weighted by Gasteiger charge is -2.31. The summed E-state index contributed by atoms with van der Waals surface area (Å²) in [6, 6.07) is 7.78. The van der Waals surface area contributed by atoms with Crippen LogP contribution in [0.3, 0.4) is 0 Å². The smallest absolute Gasteiger partial charge is 0.253 e. The SMILES string of the molecule is CS(=O)(=O)c1ccc(C(=O)N2CCC(c3cc(N)on3)CC2)cc1. The van der Waals surface area contributed by atoms with Gasteiger partial charge in [0, 0.05) is 36.9 Å². The van der Waals surface area contributed by atoms with Crippen LogP contribution in [0.5, 0.6) is 0 Å². The summed E-state index contributed by atoms with van der Waals surface area (Å²) in [4.78, 5) is 14.5. The van der Waals surface area contributed by atoms with Crippen LogP contribution < -0.4 is 5.73 Å². The monoisotopic (exact) mass is 349 g/mol. The van der Waals surface area contributed by atoms with Crippen LogP contribution >= 0.6 is 0 Å². The molecule has 0 unspecified atom stereocenters. The fraction of sp³-hybridized carbons (Fsp3) is 0.375. The molecule has 2 N–H and O–H groups in total. The highest BCUT2D eigenvalue weighted by Crippen LogP contribution is 2.28. The number of carbonyl (C=O) groups excluding carboxylic acids is 1. The van der Waals surface area contributed by atoms with Crippen LogP contribution in [0.2, 0.25) is 0 Å². The molecule has 0 radical (unpaired) electrons. The van der Waals surface area contributed by atoms with Gasteiger partial charge in [0.2, 0.25) is 5.88 Å². The maximum atomic E-state index is 12.5. The van der Waals surface area contributed by atoms with Gasteiger partial charge in [0.1, 0.15) is 0 Å². The van der Waals surface area contributed by atoms with Gasteiger partial charge in [-0.05, 0) is 37.1 Å². The largest absolute Gasteiger partial charge is 0.368 e. The Balaban J connectivity index is 1.65. The summed E-state index contributed by atoms with van der Waals surface area (Å²) in [5.74, 6) is 0.449. The van der Waals surface area contributed by atoms with E-state index in [1.54, 1.807) is 23.1 Å². The second kappa shape index (κ2) is 6.27. The number of nitrogen functional groups attached to an aromatic ring is 1. The molecule has 3 rings (SSSR count). The van der Waals surface area contributed by atoms with E-state index in [0.717, 1.165) is 24.8 Å². The molecule has 0 aliphatic carbocycles. The van der Waals surface area contributed by atoms with E-state index in [1.165, 1.54) is 12.1 Å².